The smallest absolute Gasteiger partial charge is 0.237 e. The van der Waals surface area contributed by atoms with E-state index in [-0.39, 0.29) is 16.9 Å². The highest BCUT2D eigenvalue weighted by Gasteiger charge is 2.28. The molecule has 0 aliphatic carbocycles. The van der Waals surface area contributed by atoms with Gasteiger partial charge in [0, 0.05) is 23.5 Å². The minimum Gasteiger partial charge on any atom is -0.316 e. The summed E-state index contributed by atoms with van der Waals surface area (Å²) in [7, 11) is 2.08. The van der Waals surface area contributed by atoms with Crippen LogP contribution in [0.3, 0.4) is 0 Å². The number of likely N-dealkylation sites (N-methyl/N-ethyl adjacent to an activating group) is 1. The maximum absolute atomic E-state index is 13.3. The molecule has 0 bridgehead atoms. The van der Waals surface area contributed by atoms with Crippen molar-refractivity contribution in [3.05, 3.63) is 51.4 Å². The normalized spacial score (nSPS) is 15.4. The number of benzene rings is 1. The van der Waals surface area contributed by atoms with E-state index in [4.69, 9.17) is 0 Å². The number of thiophene rings is 1. The molecule has 6 heteroatoms. The second-order valence-electron chi connectivity index (χ2n) is 6.76. The summed E-state index contributed by atoms with van der Waals surface area (Å²) in [6, 6.07) is 7.64. The van der Waals surface area contributed by atoms with E-state index in [1.165, 1.54) is 16.6 Å². The summed E-state index contributed by atoms with van der Waals surface area (Å²) in [5, 5.41) is 3.56. The van der Waals surface area contributed by atoms with E-state index in [2.05, 4.69) is 17.3 Å². The lowest BCUT2D eigenvalue weighted by molar-refractivity contribution is -0.115. The second-order valence-corrected chi connectivity index (χ2v) is 9.04. The number of nitrogens with one attached hydrogen (secondary N) is 1. The van der Waals surface area contributed by atoms with E-state index < -0.39 is 0 Å². The second kappa shape index (κ2) is 7.94. The van der Waals surface area contributed by atoms with Crippen LogP contribution in [0.2, 0.25) is 0 Å². The molecule has 1 aromatic heterocycles. The van der Waals surface area contributed by atoms with Crippen molar-refractivity contribution in [3.8, 4) is 0 Å². The van der Waals surface area contributed by atoms with Gasteiger partial charge in [0.15, 0.2) is 5.78 Å². The number of ketones is 1. The van der Waals surface area contributed by atoms with E-state index in [0.29, 0.717) is 16.1 Å². The predicted octanol–water partition coefficient (Wildman–Crippen LogP) is 3.97. The van der Waals surface area contributed by atoms with Gasteiger partial charge in [0.05, 0.1) is 10.8 Å². The van der Waals surface area contributed by atoms with E-state index >= 15 is 0 Å². The lowest BCUT2D eigenvalue weighted by Gasteiger charge is -2.22. The van der Waals surface area contributed by atoms with E-state index in [1.807, 2.05) is 44.4 Å². The largest absolute Gasteiger partial charge is 0.316 e. The number of nitrogens with zero attached hydrogens (tertiary/aromatic N) is 1. The summed E-state index contributed by atoms with van der Waals surface area (Å²) in [5.74, 6) is -0.0541. The highest BCUT2D eigenvalue weighted by molar-refractivity contribution is 7.99. The fraction of sp³-hybridized carbons (Fsp3) is 0.400. The third-order valence-electron chi connectivity index (χ3n) is 4.75. The molecular weight excluding hydrogens is 364 g/mol. The fourth-order valence-electron chi connectivity index (χ4n) is 3.03. The summed E-state index contributed by atoms with van der Waals surface area (Å²) >= 11 is 3.04. The molecule has 1 aromatic carbocycles. The summed E-state index contributed by atoms with van der Waals surface area (Å²) in [6.07, 6.45) is 2.75. The van der Waals surface area contributed by atoms with Gasteiger partial charge in [0.25, 0.3) is 0 Å². The van der Waals surface area contributed by atoms with Gasteiger partial charge in [-0.1, -0.05) is 29.8 Å². The van der Waals surface area contributed by atoms with Crippen molar-refractivity contribution in [3.63, 3.8) is 0 Å². The van der Waals surface area contributed by atoms with Gasteiger partial charge in [0.2, 0.25) is 5.91 Å². The van der Waals surface area contributed by atoms with Crippen molar-refractivity contribution < 1.29 is 9.59 Å². The SMILES string of the molecule is CSC(C)C(=O)Nc1sc2c(c1C(=O)c1ccc(C)cc1)CCN(C)C2. The Morgan fingerprint density at radius 2 is 1.96 bits per heavy atom. The van der Waals surface area contributed by atoms with Gasteiger partial charge < -0.3 is 10.2 Å². The molecule has 0 radical (unpaired) electrons. The Labute approximate surface area is 163 Å². The third kappa shape index (κ3) is 3.87. The first-order valence-corrected chi connectivity index (χ1v) is 10.8. The Kier molecular flexibility index (Phi) is 5.85. The monoisotopic (exact) mass is 388 g/mol. The van der Waals surface area contributed by atoms with Crippen molar-refractivity contribution in [1.82, 2.24) is 4.90 Å². The third-order valence-corrected chi connectivity index (χ3v) is 6.80. The van der Waals surface area contributed by atoms with Crippen LogP contribution in [-0.2, 0) is 17.8 Å². The molecule has 138 valence electrons. The Morgan fingerprint density at radius 1 is 1.27 bits per heavy atom. The molecule has 1 amide bonds. The van der Waals surface area contributed by atoms with E-state index in [9.17, 15) is 9.59 Å². The van der Waals surface area contributed by atoms with Crippen LogP contribution in [0.25, 0.3) is 0 Å². The average Bonchev–Trinajstić information content (AvgIpc) is 2.97. The lowest BCUT2D eigenvalue weighted by atomic mass is 9.96. The number of anilines is 1. The zero-order chi connectivity index (χ0) is 18.8. The Bertz CT molecular complexity index is 827. The van der Waals surface area contributed by atoms with Crippen LogP contribution < -0.4 is 5.32 Å². The lowest BCUT2D eigenvalue weighted by Crippen LogP contribution is -2.26. The van der Waals surface area contributed by atoms with Gasteiger partial charge in [-0.15, -0.1) is 11.3 Å². The van der Waals surface area contributed by atoms with Crippen LogP contribution in [-0.4, -0.2) is 41.7 Å². The molecule has 0 fully saturated rings. The van der Waals surface area contributed by atoms with Crippen LogP contribution >= 0.6 is 23.1 Å². The number of carbonyl (C=O) groups excluding carboxylic acids is 2. The minimum atomic E-state index is -0.154. The molecule has 2 heterocycles. The highest BCUT2D eigenvalue weighted by Crippen LogP contribution is 2.38. The first-order chi connectivity index (χ1) is 12.4. The van der Waals surface area contributed by atoms with Crippen molar-refractivity contribution in [2.24, 2.45) is 0 Å². The maximum atomic E-state index is 13.3. The van der Waals surface area contributed by atoms with Crippen molar-refractivity contribution in [2.45, 2.75) is 32.1 Å². The summed E-state index contributed by atoms with van der Waals surface area (Å²) < 4.78 is 0. The number of aryl methyl sites for hydroxylation is 1. The number of amides is 1. The average molecular weight is 389 g/mol. The molecule has 3 rings (SSSR count). The Hall–Kier alpha value is -1.63. The van der Waals surface area contributed by atoms with Crippen molar-refractivity contribution in [2.75, 3.05) is 25.2 Å². The molecule has 1 unspecified atom stereocenters. The molecule has 0 spiro atoms. The highest BCUT2D eigenvalue weighted by atomic mass is 32.2. The Morgan fingerprint density at radius 3 is 2.62 bits per heavy atom. The molecule has 1 aliphatic heterocycles. The predicted molar refractivity (Wildman–Crippen MR) is 111 cm³/mol. The zero-order valence-electron chi connectivity index (χ0n) is 15.6. The molecule has 1 atom stereocenters. The van der Waals surface area contributed by atoms with Gasteiger partial charge >= 0.3 is 0 Å². The molecule has 1 aliphatic rings. The molecular formula is C20H24N2O2S2. The van der Waals surface area contributed by atoms with Gasteiger partial charge in [-0.2, -0.15) is 11.8 Å². The molecule has 4 nitrogen and oxygen atoms in total. The number of rotatable bonds is 5. The first-order valence-electron chi connectivity index (χ1n) is 8.68. The molecule has 2 aromatic rings. The van der Waals surface area contributed by atoms with Gasteiger partial charge in [-0.3, -0.25) is 9.59 Å². The standard InChI is InChI=1S/C20H24N2O2S2/c1-12-5-7-14(8-6-12)18(23)17-15-9-10-22(3)11-16(15)26-20(17)21-19(24)13(2)25-4/h5-8,13H,9-11H2,1-4H3,(H,21,24). The van der Waals surface area contributed by atoms with Gasteiger partial charge in [0.1, 0.15) is 5.00 Å². The van der Waals surface area contributed by atoms with Crippen molar-refractivity contribution in [1.29, 1.82) is 0 Å². The van der Waals surface area contributed by atoms with Gasteiger partial charge in [-0.05, 0) is 39.1 Å². The molecule has 26 heavy (non-hydrogen) atoms. The first kappa shape index (κ1) is 19.1. The van der Waals surface area contributed by atoms with Crippen LogP contribution in [0.5, 0.6) is 0 Å². The zero-order valence-corrected chi connectivity index (χ0v) is 17.2. The van der Waals surface area contributed by atoms with Crippen LogP contribution in [0, 0.1) is 6.92 Å². The summed E-state index contributed by atoms with van der Waals surface area (Å²) in [4.78, 5) is 29.1. The topological polar surface area (TPSA) is 49.4 Å². The maximum Gasteiger partial charge on any atom is 0.237 e. The quantitative estimate of drug-likeness (QED) is 0.788. The minimum absolute atomic E-state index is 0.000780. The number of hydrogen-bond donors (Lipinski definition) is 1. The van der Waals surface area contributed by atoms with Crippen LogP contribution in [0.4, 0.5) is 5.00 Å². The molecule has 0 saturated carbocycles. The number of hydrogen-bond acceptors (Lipinski definition) is 5. The Balaban J connectivity index is 2.02. The van der Waals surface area contributed by atoms with Gasteiger partial charge in [-0.25, -0.2) is 0 Å². The van der Waals surface area contributed by atoms with Crippen LogP contribution in [0.1, 0.15) is 38.8 Å². The number of fused-ring (bicyclic) bond motifs is 1. The number of thioether (sulfide) groups is 1. The van der Waals surface area contributed by atoms with E-state index in [0.717, 1.165) is 30.6 Å². The van der Waals surface area contributed by atoms with E-state index in [1.54, 1.807) is 11.3 Å². The molecule has 0 saturated heterocycles. The van der Waals surface area contributed by atoms with Crippen LogP contribution in [0.15, 0.2) is 24.3 Å². The summed E-state index contributed by atoms with van der Waals surface area (Å²) in [6.45, 7) is 5.63. The fourth-order valence-corrected chi connectivity index (χ4v) is 4.63. The summed E-state index contributed by atoms with van der Waals surface area (Å²) in [5.41, 5.74) is 3.58. The van der Waals surface area contributed by atoms with Crippen molar-refractivity contribution >= 4 is 39.8 Å². The number of carbonyl (C=O) groups is 2. The molecule has 1 N–H and O–H groups in total.